The number of aliphatic carboxylic acids is 2. The molecule has 0 aliphatic heterocycles. The van der Waals surface area contributed by atoms with Crippen LogP contribution in [0.25, 0.3) is 0 Å². The maximum atomic E-state index is 11.0. The fraction of sp³-hybridized carbons (Fsp3) is 0.333. The molecule has 0 radical (unpaired) electrons. The van der Waals surface area contributed by atoms with E-state index in [-0.39, 0.29) is 0 Å². The van der Waals surface area contributed by atoms with E-state index in [2.05, 4.69) is 15.9 Å². The quantitative estimate of drug-likeness (QED) is 0.896. The second-order valence-corrected chi connectivity index (χ2v) is 4.72. The molecule has 1 aromatic rings. The van der Waals surface area contributed by atoms with E-state index in [1.165, 1.54) is 0 Å². The van der Waals surface area contributed by atoms with Crippen molar-refractivity contribution >= 4 is 27.9 Å². The summed E-state index contributed by atoms with van der Waals surface area (Å²) in [7, 11) is 0. The number of halogens is 1. The lowest BCUT2D eigenvalue weighted by Gasteiger charge is -2.17. The van der Waals surface area contributed by atoms with Crippen molar-refractivity contribution < 1.29 is 19.8 Å². The van der Waals surface area contributed by atoms with Gasteiger partial charge in [-0.2, -0.15) is 0 Å². The number of benzene rings is 1. The zero-order valence-corrected chi connectivity index (χ0v) is 11.1. The van der Waals surface area contributed by atoms with E-state index in [0.717, 1.165) is 0 Å². The Morgan fingerprint density at radius 1 is 1.12 bits per heavy atom. The van der Waals surface area contributed by atoms with E-state index in [1.807, 2.05) is 0 Å². The van der Waals surface area contributed by atoms with Crippen LogP contribution in [0.1, 0.15) is 36.8 Å². The maximum absolute atomic E-state index is 11.0. The summed E-state index contributed by atoms with van der Waals surface area (Å²) >= 11 is 3.28. The van der Waals surface area contributed by atoms with Crippen LogP contribution in [0.5, 0.6) is 0 Å². The summed E-state index contributed by atoms with van der Waals surface area (Å²) in [4.78, 5) is 22.0. The molecular weight excluding hydrogens is 288 g/mol. The Hall–Kier alpha value is -1.36. The van der Waals surface area contributed by atoms with Crippen molar-refractivity contribution in [1.29, 1.82) is 0 Å². The second-order valence-electron chi connectivity index (χ2n) is 3.86. The normalized spacial score (nSPS) is 14.1. The monoisotopic (exact) mass is 300 g/mol. The lowest BCUT2D eigenvalue weighted by molar-refractivity contribution is -0.140. The highest BCUT2D eigenvalue weighted by Crippen LogP contribution is 2.33. The molecule has 0 spiro atoms. The molecule has 2 N–H and O–H groups in total. The fourth-order valence-corrected chi connectivity index (χ4v) is 2.37. The lowest BCUT2D eigenvalue weighted by Crippen LogP contribution is -2.15. The van der Waals surface area contributed by atoms with Gasteiger partial charge in [-0.3, -0.25) is 9.59 Å². The average molecular weight is 301 g/mol. The van der Waals surface area contributed by atoms with Gasteiger partial charge in [-0.05, 0) is 31.0 Å². The van der Waals surface area contributed by atoms with Gasteiger partial charge in [0.2, 0.25) is 0 Å². The summed E-state index contributed by atoms with van der Waals surface area (Å²) < 4.78 is 0.623. The summed E-state index contributed by atoms with van der Waals surface area (Å²) in [6, 6.07) is 5.07. The van der Waals surface area contributed by atoms with Gasteiger partial charge in [0.15, 0.2) is 0 Å². The van der Waals surface area contributed by atoms with E-state index in [1.54, 1.807) is 32.0 Å². The zero-order chi connectivity index (χ0) is 13.2. The highest BCUT2D eigenvalue weighted by atomic mass is 79.9. The first kappa shape index (κ1) is 13.7. The number of carboxylic acid groups (broad SMARTS) is 2. The van der Waals surface area contributed by atoms with Crippen LogP contribution >= 0.6 is 15.9 Å². The van der Waals surface area contributed by atoms with E-state index < -0.39 is 23.8 Å². The Morgan fingerprint density at radius 3 is 2.12 bits per heavy atom. The molecule has 0 saturated heterocycles. The minimum atomic E-state index is -0.976. The van der Waals surface area contributed by atoms with Gasteiger partial charge in [0.1, 0.15) is 0 Å². The third kappa shape index (κ3) is 2.85. The number of rotatable bonds is 4. The molecule has 1 aromatic carbocycles. The molecule has 0 aliphatic carbocycles. The molecule has 1 rings (SSSR count). The smallest absolute Gasteiger partial charge is 0.310 e. The van der Waals surface area contributed by atoms with Gasteiger partial charge in [-0.15, -0.1) is 0 Å². The van der Waals surface area contributed by atoms with Crippen molar-refractivity contribution in [3.05, 3.63) is 33.8 Å². The molecule has 0 heterocycles. The summed E-state index contributed by atoms with van der Waals surface area (Å²) in [6.45, 7) is 3.09. The topological polar surface area (TPSA) is 74.6 Å². The molecule has 17 heavy (non-hydrogen) atoms. The average Bonchev–Trinajstić information content (AvgIpc) is 2.26. The Labute approximate surface area is 107 Å². The van der Waals surface area contributed by atoms with Crippen LogP contribution < -0.4 is 0 Å². The van der Waals surface area contributed by atoms with Gasteiger partial charge < -0.3 is 10.2 Å². The number of carbonyl (C=O) groups is 2. The second kappa shape index (κ2) is 5.31. The van der Waals surface area contributed by atoms with Gasteiger partial charge in [0, 0.05) is 4.47 Å². The third-order valence-electron chi connectivity index (χ3n) is 2.73. The van der Waals surface area contributed by atoms with E-state index in [9.17, 15) is 9.59 Å². The van der Waals surface area contributed by atoms with Crippen molar-refractivity contribution in [2.75, 3.05) is 0 Å². The van der Waals surface area contributed by atoms with Gasteiger partial charge in [0.05, 0.1) is 11.8 Å². The molecule has 2 atom stereocenters. The third-order valence-corrected chi connectivity index (χ3v) is 3.42. The van der Waals surface area contributed by atoms with Crippen LogP contribution in [0, 0.1) is 0 Å². The Bertz CT molecular complexity index is 456. The molecule has 2 unspecified atom stereocenters. The number of carboxylic acids is 2. The van der Waals surface area contributed by atoms with Crippen molar-refractivity contribution in [2.45, 2.75) is 25.7 Å². The van der Waals surface area contributed by atoms with E-state index in [0.29, 0.717) is 15.6 Å². The summed E-state index contributed by atoms with van der Waals surface area (Å²) in [6.07, 6.45) is 0. The molecule has 92 valence electrons. The molecule has 4 nitrogen and oxygen atoms in total. The molecular formula is C12H13BrO4. The van der Waals surface area contributed by atoms with Crippen LogP contribution in [0.3, 0.4) is 0 Å². The van der Waals surface area contributed by atoms with Crippen molar-refractivity contribution in [1.82, 2.24) is 0 Å². The SMILES string of the molecule is CC(C(=O)O)c1cccc(Br)c1C(C)C(=O)O. The van der Waals surface area contributed by atoms with Crippen molar-refractivity contribution in [3.8, 4) is 0 Å². The van der Waals surface area contributed by atoms with E-state index >= 15 is 0 Å². The predicted molar refractivity (Wildman–Crippen MR) is 66.2 cm³/mol. The molecule has 0 amide bonds. The number of hydrogen-bond donors (Lipinski definition) is 2. The van der Waals surface area contributed by atoms with Crippen LogP contribution in [0.4, 0.5) is 0 Å². The predicted octanol–water partition coefficient (Wildman–Crippen LogP) is 2.83. The maximum Gasteiger partial charge on any atom is 0.310 e. The van der Waals surface area contributed by atoms with Gasteiger partial charge in [-0.25, -0.2) is 0 Å². The van der Waals surface area contributed by atoms with Crippen molar-refractivity contribution in [3.63, 3.8) is 0 Å². The van der Waals surface area contributed by atoms with Crippen molar-refractivity contribution in [2.24, 2.45) is 0 Å². The van der Waals surface area contributed by atoms with Crippen LogP contribution in [-0.4, -0.2) is 22.2 Å². The first-order chi connectivity index (χ1) is 7.86. The Balaban J connectivity index is 3.36. The summed E-state index contributed by atoms with van der Waals surface area (Å²) in [5.74, 6) is -3.43. The van der Waals surface area contributed by atoms with Crippen LogP contribution in [-0.2, 0) is 9.59 Å². The number of hydrogen-bond acceptors (Lipinski definition) is 2. The first-order valence-corrected chi connectivity index (χ1v) is 5.89. The summed E-state index contributed by atoms with van der Waals surface area (Å²) in [5, 5.41) is 18.0. The van der Waals surface area contributed by atoms with E-state index in [4.69, 9.17) is 10.2 Å². The molecule has 0 fully saturated rings. The van der Waals surface area contributed by atoms with Crippen LogP contribution in [0.2, 0.25) is 0 Å². The zero-order valence-electron chi connectivity index (χ0n) is 9.48. The minimum absolute atomic E-state index is 0.523. The highest BCUT2D eigenvalue weighted by molar-refractivity contribution is 9.10. The Morgan fingerprint density at radius 2 is 1.65 bits per heavy atom. The summed E-state index contributed by atoms with van der Waals surface area (Å²) in [5.41, 5.74) is 1.05. The first-order valence-electron chi connectivity index (χ1n) is 5.10. The molecule has 0 aliphatic rings. The Kier molecular flexibility index (Phi) is 4.28. The molecule has 0 bridgehead atoms. The highest BCUT2D eigenvalue weighted by Gasteiger charge is 2.25. The molecule has 5 heteroatoms. The van der Waals surface area contributed by atoms with Crippen LogP contribution in [0.15, 0.2) is 22.7 Å². The fourth-order valence-electron chi connectivity index (χ4n) is 1.64. The van der Waals surface area contributed by atoms with Gasteiger partial charge >= 0.3 is 11.9 Å². The van der Waals surface area contributed by atoms with Gasteiger partial charge in [-0.1, -0.05) is 28.1 Å². The minimum Gasteiger partial charge on any atom is -0.481 e. The standard InChI is InChI=1S/C12H13BrO4/c1-6(11(14)15)8-4-3-5-9(13)10(8)7(2)12(16)17/h3-7H,1-2H3,(H,14,15)(H,16,17). The van der Waals surface area contributed by atoms with Gasteiger partial charge in [0.25, 0.3) is 0 Å². The largest absolute Gasteiger partial charge is 0.481 e. The lowest BCUT2D eigenvalue weighted by atomic mass is 9.89. The molecule has 0 saturated carbocycles. The molecule has 0 aromatic heterocycles.